The van der Waals surface area contributed by atoms with Crippen molar-refractivity contribution in [1.29, 1.82) is 0 Å². The summed E-state index contributed by atoms with van der Waals surface area (Å²) in [7, 11) is 1.92. The normalized spacial score (nSPS) is 12.9. The number of thiophene rings is 1. The van der Waals surface area contributed by atoms with Crippen molar-refractivity contribution in [1.82, 2.24) is 5.32 Å². The van der Waals surface area contributed by atoms with Gasteiger partial charge in [-0.15, -0.1) is 11.3 Å². The second-order valence-electron chi connectivity index (χ2n) is 7.91. The zero-order valence-electron chi connectivity index (χ0n) is 21.1. The molecule has 0 saturated heterocycles. The van der Waals surface area contributed by atoms with E-state index in [0.717, 1.165) is 50.5 Å². The molecule has 0 aliphatic carbocycles. The molecule has 1 aromatic carbocycles. The summed E-state index contributed by atoms with van der Waals surface area (Å²) in [6, 6.07) is 10.6. The van der Waals surface area contributed by atoms with Gasteiger partial charge in [0.25, 0.3) is 0 Å². The summed E-state index contributed by atoms with van der Waals surface area (Å²) in [4.78, 5) is 2.50. The Bertz CT molecular complexity index is 1210. The van der Waals surface area contributed by atoms with Crippen molar-refractivity contribution in [2.45, 2.75) is 27.7 Å². The van der Waals surface area contributed by atoms with Crippen molar-refractivity contribution in [2.75, 3.05) is 12.4 Å². The van der Waals surface area contributed by atoms with Crippen molar-refractivity contribution in [3.8, 4) is 0 Å². The zero-order chi connectivity index (χ0) is 25.3. The van der Waals surface area contributed by atoms with E-state index in [1.807, 2.05) is 26.1 Å². The number of rotatable bonds is 11. The zero-order valence-corrected chi connectivity index (χ0v) is 21.9. The van der Waals surface area contributed by atoms with Crippen molar-refractivity contribution >= 4 is 33.7 Å². The number of hydrogen-bond donors (Lipinski definition) is 2. The third-order valence-electron chi connectivity index (χ3n) is 5.63. The van der Waals surface area contributed by atoms with Crippen LogP contribution in [-0.2, 0) is 0 Å². The first kappa shape index (κ1) is 26.7. The van der Waals surface area contributed by atoms with Crippen molar-refractivity contribution in [3.05, 3.63) is 131 Å². The number of benzene rings is 1. The molecule has 0 radical (unpaired) electrons. The fraction of sp³-hybridized carbons (Fsp3) is 0.161. The largest absolute Gasteiger partial charge is 0.388 e. The first-order valence-electron chi connectivity index (χ1n) is 11.3. The lowest BCUT2D eigenvalue weighted by Gasteiger charge is -2.19. The molecule has 0 amide bonds. The van der Waals surface area contributed by atoms with E-state index in [1.54, 1.807) is 17.4 Å². The summed E-state index contributed by atoms with van der Waals surface area (Å²) in [5.41, 5.74) is 9.14. The summed E-state index contributed by atoms with van der Waals surface area (Å²) in [5, 5.41) is 6.77. The average molecular weight is 469 g/mol. The number of nitrogens with one attached hydrogen (secondary N) is 2. The van der Waals surface area contributed by atoms with E-state index in [0.29, 0.717) is 0 Å². The third kappa shape index (κ3) is 6.49. The maximum absolute atomic E-state index is 4.37. The quantitative estimate of drug-likeness (QED) is 0.322. The van der Waals surface area contributed by atoms with Gasteiger partial charge in [0.15, 0.2) is 0 Å². The van der Waals surface area contributed by atoms with Crippen molar-refractivity contribution in [3.63, 3.8) is 0 Å². The molecule has 34 heavy (non-hydrogen) atoms. The van der Waals surface area contributed by atoms with Gasteiger partial charge < -0.3 is 10.6 Å². The number of allylic oxidation sites excluding steroid dienone is 11. The molecule has 3 heteroatoms. The highest BCUT2D eigenvalue weighted by molar-refractivity contribution is 7.13. The smallest absolute Gasteiger partial charge is 0.0418 e. The Labute approximate surface area is 209 Å². The van der Waals surface area contributed by atoms with E-state index < -0.39 is 0 Å². The van der Waals surface area contributed by atoms with Crippen LogP contribution in [0, 0.1) is 6.92 Å². The Balaban J connectivity index is 2.39. The van der Waals surface area contributed by atoms with Gasteiger partial charge in [0.2, 0.25) is 0 Å². The van der Waals surface area contributed by atoms with Gasteiger partial charge in [-0.3, -0.25) is 0 Å². The Hall–Kier alpha value is -3.56. The van der Waals surface area contributed by atoms with Gasteiger partial charge in [-0.1, -0.05) is 68.8 Å². The second-order valence-corrected chi connectivity index (χ2v) is 9.20. The molecule has 0 atom stereocenters. The van der Waals surface area contributed by atoms with Crippen LogP contribution in [0.5, 0.6) is 0 Å². The highest BCUT2D eigenvalue weighted by atomic mass is 32.1. The molecule has 0 fully saturated rings. The molecule has 1 aromatic heterocycles. The minimum absolute atomic E-state index is 0.759. The van der Waals surface area contributed by atoms with Crippen LogP contribution in [0.1, 0.15) is 41.7 Å². The molecule has 176 valence electrons. The monoisotopic (exact) mass is 468 g/mol. The molecule has 0 bridgehead atoms. The molecule has 2 rings (SSSR count). The van der Waals surface area contributed by atoms with Gasteiger partial charge in [-0.25, -0.2) is 0 Å². The van der Waals surface area contributed by atoms with Gasteiger partial charge >= 0.3 is 0 Å². The SMILES string of the molecule is C=C/C=C\C(=C/C)c1ccc(NC)c(C(=C)C(=C)N/C(C)=C(C)/C(=C\C=C)c2ccc(C)s2)c1. The molecule has 2 aromatic rings. The van der Waals surface area contributed by atoms with E-state index in [1.165, 1.54) is 9.75 Å². The Morgan fingerprint density at radius 1 is 1.03 bits per heavy atom. The van der Waals surface area contributed by atoms with Crippen LogP contribution in [0.25, 0.3) is 16.7 Å². The van der Waals surface area contributed by atoms with Crippen LogP contribution in [0.2, 0.25) is 0 Å². The van der Waals surface area contributed by atoms with Crippen LogP contribution in [0.15, 0.2) is 110 Å². The molecule has 0 aliphatic rings. The van der Waals surface area contributed by atoms with Crippen molar-refractivity contribution in [2.24, 2.45) is 0 Å². The molecule has 2 nitrogen and oxygen atoms in total. The van der Waals surface area contributed by atoms with Crippen LogP contribution in [0.3, 0.4) is 0 Å². The topological polar surface area (TPSA) is 24.1 Å². The molecule has 2 N–H and O–H groups in total. The minimum atomic E-state index is 0.759. The lowest BCUT2D eigenvalue weighted by Crippen LogP contribution is -2.13. The maximum atomic E-state index is 4.37. The van der Waals surface area contributed by atoms with Gasteiger partial charge in [0.05, 0.1) is 0 Å². The van der Waals surface area contributed by atoms with Crippen LogP contribution in [-0.4, -0.2) is 7.05 Å². The minimum Gasteiger partial charge on any atom is -0.388 e. The van der Waals surface area contributed by atoms with Gasteiger partial charge in [0.1, 0.15) is 0 Å². The first-order chi connectivity index (χ1) is 16.3. The fourth-order valence-corrected chi connectivity index (χ4v) is 4.52. The summed E-state index contributed by atoms with van der Waals surface area (Å²) >= 11 is 1.78. The van der Waals surface area contributed by atoms with Crippen LogP contribution >= 0.6 is 11.3 Å². The molecule has 0 aliphatic heterocycles. The summed E-state index contributed by atoms with van der Waals surface area (Å²) in [6.07, 6.45) is 11.7. The van der Waals surface area contributed by atoms with E-state index in [4.69, 9.17) is 0 Å². The molecule has 0 saturated carbocycles. The van der Waals surface area contributed by atoms with Crippen LogP contribution in [0.4, 0.5) is 5.69 Å². The van der Waals surface area contributed by atoms with Crippen molar-refractivity contribution < 1.29 is 0 Å². The number of anilines is 1. The van der Waals surface area contributed by atoms with Gasteiger partial charge in [-0.05, 0) is 79.8 Å². The van der Waals surface area contributed by atoms with E-state index in [9.17, 15) is 0 Å². The molecule has 0 spiro atoms. The number of aryl methyl sites for hydroxylation is 1. The highest BCUT2D eigenvalue weighted by Gasteiger charge is 2.13. The summed E-state index contributed by atoms with van der Waals surface area (Å²) in [5.74, 6) is 0. The summed E-state index contributed by atoms with van der Waals surface area (Å²) < 4.78 is 0. The first-order valence-corrected chi connectivity index (χ1v) is 12.1. The highest BCUT2D eigenvalue weighted by Crippen LogP contribution is 2.33. The molecule has 0 unspecified atom stereocenters. The fourth-order valence-electron chi connectivity index (χ4n) is 3.57. The van der Waals surface area contributed by atoms with Crippen LogP contribution < -0.4 is 10.6 Å². The predicted molar refractivity (Wildman–Crippen MR) is 156 cm³/mol. The predicted octanol–water partition coefficient (Wildman–Crippen LogP) is 8.92. The third-order valence-corrected chi connectivity index (χ3v) is 6.66. The standard InChI is InChI=1S/C31H36N2S/c1-10-13-15-26(12-3)27-17-18-30(32-9)29(20-27)23(6)25(8)33-24(7)22(5)28(14-11-2)31-19-16-21(4)34-31/h10-20,32-33H,1-2,6,8H2,3-5,7,9H3/b15-13-,24-22+,26-12+,28-14+. The molecular weight excluding hydrogens is 432 g/mol. The van der Waals surface area contributed by atoms with E-state index in [2.05, 4.69) is 106 Å². The lowest BCUT2D eigenvalue weighted by atomic mass is 9.96. The maximum Gasteiger partial charge on any atom is 0.0418 e. The average Bonchev–Trinajstić information content (AvgIpc) is 3.27. The number of hydrogen-bond acceptors (Lipinski definition) is 3. The molecule has 1 heterocycles. The van der Waals surface area contributed by atoms with E-state index in [-0.39, 0.29) is 0 Å². The second kappa shape index (κ2) is 12.6. The van der Waals surface area contributed by atoms with Gasteiger partial charge in [-0.2, -0.15) is 0 Å². The summed E-state index contributed by atoms with van der Waals surface area (Å²) in [6.45, 7) is 24.7. The van der Waals surface area contributed by atoms with E-state index >= 15 is 0 Å². The molecular formula is C31H36N2S. The Morgan fingerprint density at radius 2 is 1.76 bits per heavy atom. The van der Waals surface area contributed by atoms with Gasteiger partial charge in [0, 0.05) is 39.4 Å². The Morgan fingerprint density at radius 3 is 2.32 bits per heavy atom. The Kier molecular flexibility index (Phi) is 9.91. The lowest BCUT2D eigenvalue weighted by molar-refractivity contribution is 0.996.